The van der Waals surface area contributed by atoms with Gasteiger partial charge >= 0.3 is 12.1 Å². The standard InChI is InChI=1S/C10H7ClF3NO3S.2C2H6/c11-19(17,18)7-1-2-8-6(5-7)3-4-15(8)9(16)10(12,13)14;2*1-2/h1-2,5H,3-4H2;2*1-2H3. The molecule has 132 valence electrons. The Bertz CT molecular complexity index is 645. The van der Waals surface area contributed by atoms with Gasteiger partial charge in [0.2, 0.25) is 0 Å². The van der Waals surface area contributed by atoms with Crippen LogP contribution in [0.1, 0.15) is 33.3 Å². The molecule has 0 atom stereocenters. The van der Waals surface area contributed by atoms with E-state index in [0.717, 1.165) is 12.1 Å². The molecule has 1 amide bonds. The summed E-state index contributed by atoms with van der Waals surface area (Å²) in [5, 5.41) is 0. The largest absolute Gasteiger partial charge is 0.471 e. The molecule has 1 heterocycles. The minimum Gasteiger partial charge on any atom is -0.304 e. The fourth-order valence-corrected chi connectivity index (χ4v) is 2.70. The monoisotopic (exact) mass is 373 g/mol. The Hall–Kier alpha value is -1.28. The number of benzene rings is 1. The maximum Gasteiger partial charge on any atom is 0.471 e. The smallest absolute Gasteiger partial charge is 0.304 e. The molecule has 1 aliphatic rings. The lowest BCUT2D eigenvalue weighted by molar-refractivity contribution is -0.170. The highest BCUT2D eigenvalue weighted by Crippen LogP contribution is 2.33. The van der Waals surface area contributed by atoms with E-state index in [1.165, 1.54) is 6.07 Å². The first-order valence-corrected chi connectivity index (χ1v) is 9.38. The lowest BCUT2D eigenvalue weighted by Gasteiger charge is -2.18. The van der Waals surface area contributed by atoms with Crippen LogP contribution in [0.3, 0.4) is 0 Å². The van der Waals surface area contributed by atoms with Crippen LogP contribution in [0.15, 0.2) is 23.1 Å². The highest BCUT2D eigenvalue weighted by Gasteiger charge is 2.44. The fourth-order valence-electron chi connectivity index (χ4n) is 1.89. The zero-order chi connectivity index (χ0) is 18.4. The third-order valence-corrected chi connectivity index (χ3v) is 4.07. The molecule has 0 saturated carbocycles. The van der Waals surface area contributed by atoms with Crippen molar-refractivity contribution in [1.82, 2.24) is 0 Å². The third kappa shape index (κ3) is 5.39. The van der Waals surface area contributed by atoms with Crippen molar-refractivity contribution in [2.45, 2.75) is 45.2 Å². The van der Waals surface area contributed by atoms with Crippen molar-refractivity contribution in [3.05, 3.63) is 23.8 Å². The topological polar surface area (TPSA) is 54.5 Å². The van der Waals surface area contributed by atoms with E-state index >= 15 is 0 Å². The first-order chi connectivity index (χ1) is 10.6. The Morgan fingerprint density at radius 1 is 1.17 bits per heavy atom. The Labute approximate surface area is 138 Å². The number of hydrogen-bond donors (Lipinski definition) is 0. The van der Waals surface area contributed by atoms with Gasteiger partial charge in [-0.2, -0.15) is 13.2 Å². The van der Waals surface area contributed by atoms with Gasteiger partial charge in [-0.15, -0.1) is 0 Å². The van der Waals surface area contributed by atoms with Crippen molar-refractivity contribution in [2.75, 3.05) is 11.4 Å². The molecule has 1 aromatic rings. The van der Waals surface area contributed by atoms with Crippen LogP contribution in [0, 0.1) is 0 Å². The van der Waals surface area contributed by atoms with Crippen molar-refractivity contribution < 1.29 is 26.4 Å². The van der Waals surface area contributed by atoms with Gasteiger partial charge in [-0.05, 0) is 30.2 Å². The third-order valence-electron chi connectivity index (χ3n) is 2.72. The maximum absolute atomic E-state index is 12.4. The minimum absolute atomic E-state index is 0.0615. The molecule has 4 nitrogen and oxygen atoms in total. The van der Waals surface area contributed by atoms with E-state index in [9.17, 15) is 26.4 Å². The second-order valence-corrected chi connectivity index (χ2v) is 6.50. The molecular formula is C14H19ClF3NO3S. The Morgan fingerprint density at radius 3 is 2.13 bits per heavy atom. The molecule has 1 aromatic carbocycles. The number of rotatable bonds is 1. The van der Waals surface area contributed by atoms with Gasteiger partial charge < -0.3 is 4.90 Å². The number of amides is 1. The molecule has 0 aliphatic carbocycles. The van der Waals surface area contributed by atoms with Crippen molar-refractivity contribution in [3.8, 4) is 0 Å². The lowest BCUT2D eigenvalue weighted by Crippen LogP contribution is -2.40. The van der Waals surface area contributed by atoms with E-state index in [1.807, 2.05) is 27.7 Å². The maximum atomic E-state index is 12.4. The average Bonchev–Trinajstić information content (AvgIpc) is 2.91. The number of fused-ring (bicyclic) bond motifs is 1. The van der Waals surface area contributed by atoms with Crippen molar-refractivity contribution >= 4 is 31.3 Å². The van der Waals surface area contributed by atoms with Crippen LogP contribution in [0.4, 0.5) is 18.9 Å². The summed E-state index contributed by atoms with van der Waals surface area (Å²) in [7, 11) is 1.20. The highest BCUT2D eigenvalue weighted by molar-refractivity contribution is 8.13. The number of carbonyl (C=O) groups is 1. The number of carbonyl (C=O) groups excluding carboxylic acids is 1. The van der Waals surface area contributed by atoms with Gasteiger partial charge in [-0.25, -0.2) is 8.42 Å². The van der Waals surface area contributed by atoms with Crippen molar-refractivity contribution in [2.24, 2.45) is 0 Å². The summed E-state index contributed by atoms with van der Waals surface area (Å²) in [6.45, 7) is 7.86. The van der Waals surface area contributed by atoms with Crippen LogP contribution in [-0.2, 0) is 20.3 Å². The zero-order valence-corrected chi connectivity index (χ0v) is 14.8. The van der Waals surface area contributed by atoms with Crippen LogP contribution in [-0.4, -0.2) is 27.0 Å². The van der Waals surface area contributed by atoms with Gasteiger partial charge in [0.1, 0.15) is 0 Å². The van der Waals surface area contributed by atoms with E-state index < -0.39 is 21.1 Å². The molecule has 0 N–H and O–H groups in total. The molecule has 0 radical (unpaired) electrons. The molecule has 0 bridgehead atoms. The van der Waals surface area contributed by atoms with Crippen LogP contribution in [0.5, 0.6) is 0 Å². The SMILES string of the molecule is CC.CC.O=C(N1CCc2cc(S(=O)(=O)Cl)ccc21)C(F)(F)F. The van der Waals surface area contributed by atoms with Gasteiger partial charge in [0.15, 0.2) is 0 Å². The Balaban J connectivity index is 0.00000112. The molecule has 9 heteroatoms. The average molecular weight is 374 g/mol. The summed E-state index contributed by atoms with van der Waals surface area (Å²) in [4.78, 5) is 11.6. The fraction of sp³-hybridized carbons (Fsp3) is 0.500. The summed E-state index contributed by atoms with van der Waals surface area (Å²) in [6.07, 6.45) is -4.81. The van der Waals surface area contributed by atoms with Gasteiger partial charge in [-0.3, -0.25) is 4.79 Å². The summed E-state index contributed by atoms with van der Waals surface area (Å²) in [6, 6.07) is 3.41. The number of alkyl halides is 3. The lowest BCUT2D eigenvalue weighted by atomic mass is 10.2. The molecular weight excluding hydrogens is 355 g/mol. The van der Waals surface area contributed by atoms with E-state index in [4.69, 9.17) is 10.7 Å². The number of anilines is 1. The summed E-state index contributed by atoms with van der Waals surface area (Å²) < 4.78 is 59.3. The number of hydrogen-bond acceptors (Lipinski definition) is 3. The predicted molar refractivity (Wildman–Crippen MR) is 84.3 cm³/mol. The van der Waals surface area contributed by atoms with Crippen LogP contribution in [0.25, 0.3) is 0 Å². The predicted octanol–water partition coefficient (Wildman–Crippen LogP) is 4.12. The first-order valence-electron chi connectivity index (χ1n) is 7.07. The first kappa shape index (κ1) is 21.7. The molecule has 23 heavy (non-hydrogen) atoms. The normalized spacial score (nSPS) is 13.3. The van der Waals surface area contributed by atoms with Crippen LogP contribution < -0.4 is 4.90 Å². The molecule has 0 aromatic heterocycles. The molecule has 1 aliphatic heterocycles. The Morgan fingerprint density at radius 2 is 1.70 bits per heavy atom. The van der Waals surface area contributed by atoms with E-state index in [0.29, 0.717) is 10.5 Å². The van der Waals surface area contributed by atoms with Crippen LogP contribution >= 0.6 is 10.7 Å². The quantitative estimate of drug-likeness (QED) is 0.696. The van der Waals surface area contributed by atoms with Crippen molar-refractivity contribution in [3.63, 3.8) is 0 Å². The minimum atomic E-state index is -4.96. The summed E-state index contributed by atoms with van der Waals surface area (Å²) >= 11 is 0. The van der Waals surface area contributed by atoms with E-state index in [2.05, 4.69) is 0 Å². The second kappa shape index (κ2) is 8.54. The molecule has 0 fully saturated rings. The van der Waals surface area contributed by atoms with Gasteiger partial charge in [0.05, 0.1) is 4.90 Å². The molecule has 0 saturated heterocycles. The second-order valence-electron chi connectivity index (χ2n) is 3.93. The van der Waals surface area contributed by atoms with Crippen LogP contribution in [0.2, 0.25) is 0 Å². The van der Waals surface area contributed by atoms with E-state index in [-0.39, 0.29) is 23.5 Å². The zero-order valence-electron chi connectivity index (χ0n) is 13.2. The summed E-state index contributed by atoms with van der Waals surface area (Å²) in [5.74, 6) is -1.97. The molecule has 2 rings (SSSR count). The molecule has 0 unspecified atom stereocenters. The van der Waals surface area contributed by atoms with Gasteiger partial charge in [-0.1, -0.05) is 27.7 Å². The molecule has 0 spiro atoms. The van der Waals surface area contributed by atoms with Gasteiger partial charge in [0, 0.05) is 22.9 Å². The van der Waals surface area contributed by atoms with Crippen molar-refractivity contribution in [1.29, 1.82) is 0 Å². The number of nitrogens with zero attached hydrogens (tertiary/aromatic N) is 1. The summed E-state index contributed by atoms with van der Waals surface area (Å²) in [5.41, 5.74) is 0.408. The Kier molecular flexibility index (Phi) is 8.06. The highest BCUT2D eigenvalue weighted by atomic mass is 35.7. The number of halogens is 4. The van der Waals surface area contributed by atoms with E-state index in [1.54, 1.807) is 0 Å². The van der Waals surface area contributed by atoms with Gasteiger partial charge in [0.25, 0.3) is 9.05 Å².